The number of rotatable bonds is 4. The molecule has 2 aromatic carbocycles. The van der Waals surface area contributed by atoms with E-state index in [2.05, 4.69) is 31.9 Å². The Morgan fingerprint density at radius 1 is 1.15 bits per heavy atom. The summed E-state index contributed by atoms with van der Waals surface area (Å²) in [6, 6.07) is 11.1. The van der Waals surface area contributed by atoms with Gasteiger partial charge in [-0.25, -0.2) is 0 Å². The highest BCUT2D eigenvalue weighted by Gasteiger charge is 2.14. The number of aliphatic hydroxyl groups is 1. The average Bonchev–Trinajstić information content (AvgIpc) is 2.41. The van der Waals surface area contributed by atoms with Crippen LogP contribution in [0.15, 0.2) is 45.3 Å². The first-order valence-electron chi connectivity index (χ1n) is 5.96. The highest BCUT2D eigenvalue weighted by atomic mass is 79.9. The first-order valence-corrected chi connectivity index (χ1v) is 7.93. The number of hydrogen-bond donors (Lipinski definition) is 1. The van der Waals surface area contributed by atoms with E-state index in [4.69, 9.17) is 16.3 Å². The summed E-state index contributed by atoms with van der Waals surface area (Å²) in [5.74, 6) is 0.769. The number of aliphatic hydroxyl groups excluding tert-OH is 1. The molecule has 0 aliphatic heterocycles. The van der Waals surface area contributed by atoms with Gasteiger partial charge in [-0.05, 0) is 41.5 Å². The SMILES string of the molecule is COc1ccc(Br)c(CC(O)c2ccc(Cl)cc2Br)c1. The summed E-state index contributed by atoms with van der Waals surface area (Å²) in [6.07, 6.45) is -0.136. The summed E-state index contributed by atoms with van der Waals surface area (Å²) in [5.41, 5.74) is 1.79. The van der Waals surface area contributed by atoms with Gasteiger partial charge in [0.15, 0.2) is 0 Å². The van der Waals surface area contributed by atoms with E-state index >= 15 is 0 Å². The monoisotopic (exact) mass is 418 g/mol. The maximum absolute atomic E-state index is 10.4. The van der Waals surface area contributed by atoms with Crippen molar-refractivity contribution in [2.24, 2.45) is 0 Å². The smallest absolute Gasteiger partial charge is 0.119 e. The van der Waals surface area contributed by atoms with Crippen LogP contribution in [-0.2, 0) is 6.42 Å². The van der Waals surface area contributed by atoms with E-state index < -0.39 is 6.10 Å². The Balaban J connectivity index is 2.25. The maximum atomic E-state index is 10.4. The Labute approximate surface area is 140 Å². The highest BCUT2D eigenvalue weighted by molar-refractivity contribution is 9.10. The van der Waals surface area contributed by atoms with Crippen LogP contribution >= 0.6 is 43.5 Å². The molecule has 0 heterocycles. The van der Waals surface area contributed by atoms with Crippen molar-refractivity contribution in [3.63, 3.8) is 0 Å². The van der Waals surface area contributed by atoms with Gasteiger partial charge in [-0.3, -0.25) is 0 Å². The molecule has 0 amide bonds. The summed E-state index contributed by atoms with van der Waals surface area (Å²) >= 11 is 12.8. The number of benzene rings is 2. The predicted octanol–water partition coefficient (Wildman–Crippen LogP) is 5.15. The molecule has 2 nitrogen and oxygen atoms in total. The van der Waals surface area contributed by atoms with Crippen LogP contribution in [-0.4, -0.2) is 12.2 Å². The number of ether oxygens (including phenoxy) is 1. The van der Waals surface area contributed by atoms with Gasteiger partial charge in [-0.1, -0.05) is 49.5 Å². The van der Waals surface area contributed by atoms with Gasteiger partial charge in [0.05, 0.1) is 13.2 Å². The van der Waals surface area contributed by atoms with E-state index in [-0.39, 0.29) is 0 Å². The molecule has 1 atom stereocenters. The van der Waals surface area contributed by atoms with Crippen molar-refractivity contribution < 1.29 is 9.84 Å². The molecule has 0 saturated heterocycles. The number of methoxy groups -OCH3 is 1. The zero-order chi connectivity index (χ0) is 14.7. The van der Waals surface area contributed by atoms with Crippen molar-refractivity contribution in [3.8, 4) is 5.75 Å². The van der Waals surface area contributed by atoms with Gasteiger partial charge in [0, 0.05) is 20.4 Å². The van der Waals surface area contributed by atoms with Crippen molar-refractivity contribution in [2.75, 3.05) is 7.11 Å². The molecule has 0 aromatic heterocycles. The molecule has 0 radical (unpaired) electrons. The zero-order valence-electron chi connectivity index (χ0n) is 10.7. The van der Waals surface area contributed by atoms with Gasteiger partial charge < -0.3 is 9.84 Å². The Morgan fingerprint density at radius 2 is 1.90 bits per heavy atom. The van der Waals surface area contributed by atoms with Gasteiger partial charge in [0.25, 0.3) is 0 Å². The van der Waals surface area contributed by atoms with Gasteiger partial charge >= 0.3 is 0 Å². The fourth-order valence-corrected chi connectivity index (χ4v) is 3.28. The number of halogens is 3. The summed E-state index contributed by atoms with van der Waals surface area (Å²) in [6.45, 7) is 0. The van der Waals surface area contributed by atoms with Crippen LogP contribution in [0.2, 0.25) is 5.02 Å². The minimum atomic E-state index is -0.620. The molecule has 0 bridgehead atoms. The van der Waals surface area contributed by atoms with E-state index in [0.29, 0.717) is 11.4 Å². The summed E-state index contributed by atoms with van der Waals surface area (Å²) in [4.78, 5) is 0. The summed E-state index contributed by atoms with van der Waals surface area (Å²) in [7, 11) is 1.62. The topological polar surface area (TPSA) is 29.5 Å². The summed E-state index contributed by atoms with van der Waals surface area (Å²) < 4.78 is 6.96. The molecule has 0 aliphatic carbocycles. The molecule has 1 unspecified atom stereocenters. The van der Waals surface area contributed by atoms with Crippen LogP contribution in [0.1, 0.15) is 17.2 Å². The van der Waals surface area contributed by atoms with Gasteiger partial charge in [0.2, 0.25) is 0 Å². The fraction of sp³-hybridized carbons (Fsp3) is 0.200. The Kier molecular flexibility index (Phi) is 5.49. The Morgan fingerprint density at radius 3 is 2.55 bits per heavy atom. The molecule has 20 heavy (non-hydrogen) atoms. The van der Waals surface area contributed by atoms with E-state index in [9.17, 15) is 5.11 Å². The highest BCUT2D eigenvalue weighted by Crippen LogP contribution is 2.31. The molecular weight excluding hydrogens is 407 g/mol. The lowest BCUT2D eigenvalue weighted by Gasteiger charge is -2.15. The van der Waals surface area contributed by atoms with Gasteiger partial charge in [-0.15, -0.1) is 0 Å². The van der Waals surface area contributed by atoms with Crippen molar-refractivity contribution in [1.29, 1.82) is 0 Å². The second-order valence-electron chi connectivity index (χ2n) is 4.34. The minimum Gasteiger partial charge on any atom is -0.497 e. The van der Waals surface area contributed by atoms with E-state index in [1.54, 1.807) is 19.2 Å². The molecule has 106 valence electrons. The van der Waals surface area contributed by atoms with Crippen LogP contribution in [0.5, 0.6) is 5.75 Å². The molecule has 1 N–H and O–H groups in total. The second-order valence-corrected chi connectivity index (χ2v) is 6.49. The van der Waals surface area contributed by atoms with Gasteiger partial charge in [-0.2, -0.15) is 0 Å². The van der Waals surface area contributed by atoms with Crippen LogP contribution in [0.25, 0.3) is 0 Å². The predicted molar refractivity (Wildman–Crippen MR) is 88.5 cm³/mol. The quantitative estimate of drug-likeness (QED) is 0.741. The van der Waals surface area contributed by atoms with Gasteiger partial charge in [0.1, 0.15) is 5.75 Å². The van der Waals surface area contributed by atoms with Crippen LogP contribution in [0.4, 0.5) is 0 Å². The normalized spacial score (nSPS) is 12.2. The van der Waals surface area contributed by atoms with Crippen LogP contribution in [0.3, 0.4) is 0 Å². The summed E-state index contributed by atoms with van der Waals surface area (Å²) in [5, 5.41) is 11.0. The first kappa shape index (κ1) is 15.8. The third kappa shape index (κ3) is 3.76. The van der Waals surface area contributed by atoms with Crippen molar-refractivity contribution in [3.05, 3.63) is 61.5 Å². The lowest BCUT2D eigenvalue weighted by molar-refractivity contribution is 0.177. The third-order valence-electron chi connectivity index (χ3n) is 2.99. The maximum Gasteiger partial charge on any atom is 0.119 e. The van der Waals surface area contributed by atoms with Crippen LogP contribution in [0, 0.1) is 0 Å². The average molecular weight is 421 g/mol. The van der Waals surface area contributed by atoms with E-state index in [1.165, 1.54) is 0 Å². The molecular formula is C15H13Br2ClO2. The zero-order valence-corrected chi connectivity index (χ0v) is 14.7. The van der Waals surface area contributed by atoms with E-state index in [1.807, 2.05) is 24.3 Å². The molecule has 0 aliphatic rings. The standard InChI is InChI=1S/C15H13Br2ClO2/c1-20-11-3-5-13(16)9(6-11)7-15(19)12-4-2-10(18)8-14(12)17/h2-6,8,15,19H,7H2,1H3. The van der Waals surface area contributed by atoms with Crippen LogP contribution < -0.4 is 4.74 Å². The lowest BCUT2D eigenvalue weighted by atomic mass is 10.0. The molecule has 0 spiro atoms. The van der Waals surface area contributed by atoms with Crippen molar-refractivity contribution in [1.82, 2.24) is 0 Å². The molecule has 5 heteroatoms. The fourth-order valence-electron chi connectivity index (χ4n) is 1.92. The second kappa shape index (κ2) is 6.94. The lowest BCUT2D eigenvalue weighted by Crippen LogP contribution is -2.03. The Bertz CT molecular complexity index is 617. The molecule has 2 aromatic rings. The van der Waals surface area contributed by atoms with Crippen molar-refractivity contribution in [2.45, 2.75) is 12.5 Å². The van der Waals surface area contributed by atoms with Crippen molar-refractivity contribution >= 4 is 43.5 Å². The third-order valence-corrected chi connectivity index (χ3v) is 4.68. The number of hydrogen-bond acceptors (Lipinski definition) is 2. The first-order chi connectivity index (χ1) is 9.51. The largest absolute Gasteiger partial charge is 0.497 e. The Hall–Kier alpha value is -0.550. The molecule has 0 saturated carbocycles. The minimum absolute atomic E-state index is 0.484. The molecule has 0 fully saturated rings. The molecule has 2 rings (SSSR count). The van der Waals surface area contributed by atoms with E-state index in [0.717, 1.165) is 25.8 Å².